The highest BCUT2D eigenvalue weighted by atomic mass is 16.2. The van der Waals surface area contributed by atoms with E-state index in [0.717, 1.165) is 44.6 Å². The summed E-state index contributed by atoms with van der Waals surface area (Å²) in [5, 5.41) is 0. The summed E-state index contributed by atoms with van der Waals surface area (Å²) in [4.78, 5) is 16.9. The van der Waals surface area contributed by atoms with Gasteiger partial charge in [-0.2, -0.15) is 0 Å². The molecule has 0 atom stereocenters. The maximum absolute atomic E-state index is 12.6. The molecule has 2 heterocycles. The molecule has 1 aromatic rings. The standard InChI is InChI=1S/C15H20N2O/c1-16-9-6-13(7-10-16)15(18)17-11-8-12-4-2-3-5-14(12)17/h2-5,13H,6-11H2,1H3. The molecule has 3 rings (SSSR count). The van der Waals surface area contributed by atoms with Crippen molar-refractivity contribution in [3.8, 4) is 0 Å². The predicted octanol–water partition coefficient (Wildman–Crippen LogP) is 1.92. The minimum absolute atomic E-state index is 0.229. The van der Waals surface area contributed by atoms with Gasteiger partial charge in [-0.1, -0.05) is 18.2 Å². The quantitative estimate of drug-likeness (QED) is 0.753. The van der Waals surface area contributed by atoms with Crippen molar-refractivity contribution in [2.75, 3.05) is 31.6 Å². The van der Waals surface area contributed by atoms with Gasteiger partial charge in [-0.3, -0.25) is 4.79 Å². The Morgan fingerprint density at radius 2 is 1.89 bits per heavy atom. The van der Waals surface area contributed by atoms with E-state index < -0.39 is 0 Å². The summed E-state index contributed by atoms with van der Waals surface area (Å²) in [5.41, 5.74) is 2.46. The Morgan fingerprint density at radius 3 is 2.67 bits per heavy atom. The third-order valence-corrected chi connectivity index (χ3v) is 4.22. The zero-order chi connectivity index (χ0) is 12.5. The van der Waals surface area contributed by atoms with Crippen molar-refractivity contribution in [2.45, 2.75) is 19.3 Å². The average molecular weight is 244 g/mol. The van der Waals surface area contributed by atoms with E-state index in [9.17, 15) is 4.79 Å². The number of carbonyl (C=O) groups excluding carboxylic acids is 1. The van der Waals surface area contributed by atoms with Crippen molar-refractivity contribution in [2.24, 2.45) is 5.92 Å². The smallest absolute Gasteiger partial charge is 0.230 e. The number of benzene rings is 1. The fourth-order valence-corrected chi connectivity index (χ4v) is 3.04. The van der Waals surface area contributed by atoms with Crippen molar-refractivity contribution in [1.29, 1.82) is 0 Å². The molecule has 1 aromatic carbocycles. The summed E-state index contributed by atoms with van der Waals surface area (Å²) in [7, 11) is 2.13. The lowest BCUT2D eigenvalue weighted by molar-refractivity contribution is -0.123. The van der Waals surface area contributed by atoms with E-state index in [1.165, 1.54) is 5.56 Å². The Morgan fingerprint density at radius 1 is 1.17 bits per heavy atom. The number of fused-ring (bicyclic) bond motifs is 1. The van der Waals surface area contributed by atoms with Crippen LogP contribution in [0, 0.1) is 5.92 Å². The summed E-state index contributed by atoms with van der Waals surface area (Å²) in [6.45, 7) is 2.96. The number of likely N-dealkylation sites (tertiary alicyclic amines) is 1. The van der Waals surface area contributed by atoms with E-state index in [1.54, 1.807) is 0 Å². The number of rotatable bonds is 1. The van der Waals surface area contributed by atoms with Gasteiger partial charge in [-0.25, -0.2) is 0 Å². The fraction of sp³-hybridized carbons (Fsp3) is 0.533. The topological polar surface area (TPSA) is 23.6 Å². The van der Waals surface area contributed by atoms with Crippen LogP contribution in [0.25, 0.3) is 0 Å². The molecule has 0 spiro atoms. The van der Waals surface area contributed by atoms with E-state index in [-0.39, 0.29) is 5.92 Å². The number of amides is 1. The highest BCUT2D eigenvalue weighted by Crippen LogP contribution is 2.30. The lowest BCUT2D eigenvalue weighted by atomic mass is 9.95. The SMILES string of the molecule is CN1CCC(C(=O)N2CCc3ccccc32)CC1. The van der Waals surface area contributed by atoms with Crippen molar-refractivity contribution < 1.29 is 4.79 Å². The summed E-state index contributed by atoms with van der Waals surface area (Å²) in [5.74, 6) is 0.570. The number of nitrogens with zero attached hydrogens (tertiary/aromatic N) is 2. The third kappa shape index (κ3) is 2.03. The molecule has 1 saturated heterocycles. The van der Waals surface area contributed by atoms with Crippen LogP contribution in [0.15, 0.2) is 24.3 Å². The van der Waals surface area contributed by atoms with Gasteiger partial charge < -0.3 is 9.80 Å². The van der Waals surface area contributed by atoms with Crippen LogP contribution >= 0.6 is 0 Å². The lowest BCUT2D eigenvalue weighted by Gasteiger charge is -2.31. The Kier molecular flexibility index (Phi) is 3.08. The summed E-state index contributed by atoms with van der Waals surface area (Å²) >= 11 is 0. The highest BCUT2D eigenvalue weighted by Gasteiger charge is 2.31. The van der Waals surface area contributed by atoms with E-state index in [0.29, 0.717) is 5.91 Å². The van der Waals surface area contributed by atoms with E-state index in [2.05, 4.69) is 30.1 Å². The number of carbonyl (C=O) groups is 1. The normalized spacial score (nSPS) is 21.1. The third-order valence-electron chi connectivity index (χ3n) is 4.22. The second kappa shape index (κ2) is 4.73. The molecule has 3 nitrogen and oxygen atoms in total. The molecule has 1 amide bonds. The van der Waals surface area contributed by atoms with Gasteiger partial charge in [0.15, 0.2) is 0 Å². The van der Waals surface area contributed by atoms with Gasteiger partial charge in [-0.05, 0) is 51.0 Å². The van der Waals surface area contributed by atoms with Crippen LogP contribution in [-0.4, -0.2) is 37.5 Å². The van der Waals surface area contributed by atoms with Gasteiger partial charge in [-0.15, -0.1) is 0 Å². The first-order valence-corrected chi connectivity index (χ1v) is 6.83. The van der Waals surface area contributed by atoms with Gasteiger partial charge in [0.25, 0.3) is 0 Å². The second-order valence-electron chi connectivity index (χ2n) is 5.45. The maximum atomic E-state index is 12.6. The molecule has 0 saturated carbocycles. The summed E-state index contributed by atoms with van der Waals surface area (Å²) in [6.07, 6.45) is 3.02. The molecule has 18 heavy (non-hydrogen) atoms. The van der Waals surface area contributed by atoms with Crippen LogP contribution in [0.5, 0.6) is 0 Å². The van der Waals surface area contributed by atoms with Gasteiger partial charge in [0.2, 0.25) is 5.91 Å². The van der Waals surface area contributed by atoms with Crippen LogP contribution < -0.4 is 4.90 Å². The molecule has 0 N–H and O–H groups in total. The molecule has 2 aliphatic rings. The number of para-hydroxylation sites is 1. The van der Waals surface area contributed by atoms with Crippen LogP contribution in [0.1, 0.15) is 18.4 Å². The Balaban J connectivity index is 1.74. The van der Waals surface area contributed by atoms with Gasteiger partial charge in [0.05, 0.1) is 0 Å². The molecule has 0 bridgehead atoms. The molecule has 0 aliphatic carbocycles. The van der Waals surface area contributed by atoms with Crippen molar-refractivity contribution in [3.05, 3.63) is 29.8 Å². The Labute approximate surface area is 108 Å². The van der Waals surface area contributed by atoms with E-state index in [1.807, 2.05) is 11.0 Å². The molecule has 0 aromatic heterocycles. The minimum Gasteiger partial charge on any atom is -0.312 e. The van der Waals surface area contributed by atoms with Gasteiger partial charge in [0, 0.05) is 18.2 Å². The first-order chi connectivity index (χ1) is 8.75. The van der Waals surface area contributed by atoms with Crippen LogP contribution in [-0.2, 0) is 11.2 Å². The monoisotopic (exact) mass is 244 g/mol. The number of hydrogen-bond acceptors (Lipinski definition) is 2. The maximum Gasteiger partial charge on any atom is 0.230 e. The number of anilines is 1. The number of piperidine rings is 1. The molecule has 96 valence electrons. The fourth-order valence-electron chi connectivity index (χ4n) is 3.04. The largest absolute Gasteiger partial charge is 0.312 e. The summed E-state index contributed by atoms with van der Waals surface area (Å²) < 4.78 is 0. The molecule has 0 unspecified atom stereocenters. The van der Waals surface area contributed by atoms with Crippen molar-refractivity contribution in [1.82, 2.24) is 4.90 Å². The van der Waals surface area contributed by atoms with Gasteiger partial charge in [0.1, 0.15) is 0 Å². The van der Waals surface area contributed by atoms with Gasteiger partial charge >= 0.3 is 0 Å². The Bertz CT molecular complexity index is 450. The first kappa shape index (κ1) is 11.7. The molecule has 2 aliphatic heterocycles. The minimum atomic E-state index is 0.229. The average Bonchev–Trinajstić information content (AvgIpc) is 2.82. The molecule has 3 heteroatoms. The van der Waals surface area contributed by atoms with E-state index >= 15 is 0 Å². The lowest BCUT2D eigenvalue weighted by Crippen LogP contribution is -2.40. The highest BCUT2D eigenvalue weighted by molar-refractivity contribution is 5.97. The second-order valence-corrected chi connectivity index (χ2v) is 5.45. The number of hydrogen-bond donors (Lipinski definition) is 0. The van der Waals surface area contributed by atoms with E-state index in [4.69, 9.17) is 0 Å². The zero-order valence-corrected chi connectivity index (χ0v) is 10.9. The molecule has 0 radical (unpaired) electrons. The van der Waals surface area contributed by atoms with Crippen LogP contribution in [0.3, 0.4) is 0 Å². The molecular formula is C15H20N2O. The summed E-state index contributed by atoms with van der Waals surface area (Å²) in [6, 6.07) is 8.30. The van der Waals surface area contributed by atoms with Crippen LogP contribution in [0.4, 0.5) is 5.69 Å². The van der Waals surface area contributed by atoms with Crippen molar-refractivity contribution in [3.63, 3.8) is 0 Å². The molecular weight excluding hydrogens is 224 g/mol. The predicted molar refractivity (Wildman–Crippen MR) is 72.7 cm³/mol. The Hall–Kier alpha value is -1.35. The first-order valence-electron chi connectivity index (χ1n) is 6.83. The zero-order valence-electron chi connectivity index (χ0n) is 10.9. The van der Waals surface area contributed by atoms with Crippen molar-refractivity contribution >= 4 is 11.6 Å². The van der Waals surface area contributed by atoms with Crippen LogP contribution in [0.2, 0.25) is 0 Å². The molecule has 1 fully saturated rings.